The minimum absolute atomic E-state index is 0.0540. The highest BCUT2D eigenvalue weighted by Gasteiger charge is 2.38. The van der Waals surface area contributed by atoms with Gasteiger partial charge in [-0.3, -0.25) is 14.5 Å². The lowest BCUT2D eigenvalue weighted by molar-refractivity contribution is -0.128. The molecular formula is C23H27N3O2S. The van der Waals surface area contributed by atoms with Crippen molar-refractivity contribution >= 4 is 40.1 Å². The molecule has 0 bridgehead atoms. The number of hydrogen-bond donors (Lipinski definition) is 1. The van der Waals surface area contributed by atoms with E-state index in [0.29, 0.717) is 11.7 Å². The highest BCUT2D eigenvalue weighted by Crippen LogP contribution is 2.32. The zero-order chi connectivity index (χ0) is 20.8. The molecule has 0 aromatic heterocycles. The molecule has 3 rings (SSSR count). The van der Waals surface area contributed by atoms with Crippen molar-refractivity contribution in [2.24, 2.45) is 4.99 Å². The summed E-state index contributed by atoms with van der Waals surface area (Å²) in [4.78, 5) is 31.7. The monoisotopic (exact) mass is 409 g/mol. The fraction of sp³-hybridized carbons (Fsp3) is 0.348. The van der Waals surface area contributed by atoms with Crippen molar-refractivity contribution in [2.75, 3.05) is 11.9 Å². The van der Waals surface area contributed by atoms with Crippen LogP contribution >= 0.6 is 11.8 Å². The zero-order valence-corrected chi connectivity index (χ0v) is 18.0. The van der Waals surface area contributed by atoms with E-state index >= 15 is 0 Å². The van der Waals surface area contributed by atoms with Gasteiger partial charge in [-0.1, -0.05) is 55.9 Å². The second kappa shape index (κ2) is 9.74. The third-order valence-corrected chi connectivity index (χ3v) is 6.12. The molecule has 1 aliphatic heterocycles. The molecule has 1 saturated heterocycles. The number of amides is 2. The molecule has 2 aromatic rings. The third-order valence-electron chi connectivity index (χ3n) is 4.94. The number of benzene rings is 2. The first-order chi connectivity index (χ1) is 14.0. The largest absolute Gasteiger partial charge is 0.326 e. The molecule has 0 aliphatic carbocycles. The summed E-state index contributed by atoms with van der Waals surface area (Å²) in [5.41, 5.74) is 3.99. The van der Waals surface area contributed by atoms with Crippen LogP contribution in [0.1, 0.15) is 38.3 Å². The standard InChI is InChI=1S/C23H27N3O2S/c1-4-16-11-13-18(14-12-16)24-21(27)15-20-22(28)26(6-3)23(29-20)25-19-10-8-7-9-17(19)5-2/h7-14,20H,4-6,15H2,1-3H3,(H,24,27). The molecule has 5 nitrogen and oxygen atoms in total. The summed E-state index contributed by atoms with van der Waals surface area (Å²) >= 11 is 1.38. The fourth-order valence-electron chi connectivity index (χ4n) is 3.24. The molecule has 1 unspecified atom stereocenters. The Morgan fingerprint density at radius 2 is 1.79 bits per heavy atom. The van der Waals surface area contributed by atoms with Crippen LogP contribution in [0.25, 0.3) is 0 Å². The van der Waals surface area contributed by atoms with Gasteiger partial charge >= 0.3 is 0 Å². The molecule has 152 valence electrons. The maximum atomic E-state index is 12.8. The van der Waals surface area contributed by atoms with Gasteiger partial charge in [0.15, 0.2) is 5.17 Å². The first kappa shape index (κ1) is 21.1. The fourth-order valence-corrected chi connectivity index (χ4v) is 4.46. The number of amidine groups is 1. The number of rotatable bonds is 7. The predicted octanol–water partition coefficient (Wildman–Crippen LogP) is 4.79. The van der Waals surface area contributed by atoms with Gasteiger partial charge in [-0.2, -0.15) is 0 Å². The maximum Gasteiger partial charge on any atom is 0.242 e. The van der Waals surface area contributed by atoms with E-state index in [2.05, 4.69) is 19.2 Å². The van der Waals surface area contributed by atoms with E-state index in [4.69, 9.17) is 4.99 Å². The summed E-state index contributed by atoms with van der Waals surface area (Å²) in [6.45, 7) is 6.64. The van der Waals surface area contributed by atoms with Crippen LogP contribution < -0.4 is 5.32 Å². The second-order valence-corrected chi connectivity index (χ2v) is 8.04. The number of para-hydroxylation sites is 1. The highest BCUT2D eigenvalue weighted by molar-refractivity contribution is 8.15. The normalized spacial score (nSPS) is 17.8. The van der Waals surface area contributed by atoms with Gasteiger partial charge in [-0.05, 0) is 49.1 Å². The Balaban J connectivity index is 1.71. The van der Waals surface area contributed by atoms with Gasteiger partial charge in [0.25, 0.3) is 0 Å². The van der Waals surface area contributed by atoms with Crippen LogP contribution in [0, 0.1) is 0 Å². The van der Waals surface area contributed by atoms with E-state index in [0.717, 1.165) is 29.8 Å². The number of nitrogens with one attached hydrogen (secondary N) is 1. The minimum atomic E-state index is -0.447. The number of nitrogens with zero attached hydrogens (tertiary/aromatic N) is 2. The Bertz CT molecular complexity index is 909. The molecule has 1 aliphatic rings. The molecule has 1 N–H and O–H groups in total. The first-order valence-electron chi connectivity index (χ1n) is 10.1. The number of hydrogen-bond acceptors (Lipinski definition) is 4. The molecule has 2 aromatic carbocycles. The van der Waals surface area contributed by atoms with Crippen molar-refractivity contribution in [3.8, 4) is 0 Å². The average Bonchev–Trinajstić information content (AvgIpc) is 3.02. The van der Waals surface area contributed by atoms with Crippen LogP contribution in [-0.2, 0) is 22.4 Å². The number of anilines is 1. The number of thioether (sulfide) groups is 1. The molecule has 0 radical (unpaired) electrons. The highest BCUT2D eigenvalue weighted by atomic mass is 32.2. The Labute approximate surface area is 176 Å². The molecule has 1 atom stereocenters. The first-order valence-corrected chi connectivity index (χ1v) is 11.0. The SMILES string of the molecule is CCc1ccc(NC(=O)CC2SC(=Nc3ccccc3CC)N(CC)C2=O)cc1. The molecule has 29 heavy (non-hydrogen) atoms. The number of carbonyl (C=O) groups excluding carboxylic acids is 2. The quantitative estimate of drug-likeness (QED) is 0.715. The van der Waals surface area contributed by atoms with Crippen molar-refractivity contribution in [1.82, 2.24) is 4.90 Å². The summed E-state index contributed by atoms with van der Waals surface area (Å²) in [6, 6.07) is 15.7. The molecule has 2 amide bonds. The number of aliphatic imine (C=N–C) groups is 1. The summed E-state index contributed by atoms with van der Waals surface area (Å²) in [5, 5.41) is 3.12. The van der Waals surface area contributed by atoms with Crippen LogP contribution in [0.2, 0.25) is 0 Å². The Morgan fingerprint density at radius 1 is 1.07 bits per heavy atom. The van der Waals surface area contributed by atoms with Crippen molar-refractivity contribution in [3.05, 3.63) is 59.7 Å². The van der Waals surface area contributed by atoms with E-state index in [9.17, 15) is 9.59 Å². The van der Waals surface area contributed by atoms with Gasteiger partial charge in [0.2, 0.25) is 11.8 Å². The second-order valence-electron chi connectivity index (χ2n) is 6.87. The van der Waals surface area contributed by atoms with Crippen molar-refractivity contribution < 1.29 is 9.59 Å². The number of aryl methyl sites for hydroxylation is 2. The Morgan fingerprint density at radius 3 is 2.45 bits per heavy atom. The molecule has 0 spiro atoms. The maximum absolute atomic E-state index is 12.8. The van der Waals surface area contributed by atoms with Gasteiger partial charge in [0, 0.05) is 18.7 Å². The van der Waals surface area contributed by atoms with Gasteiger partial charge in [0.05, 0.1) is 5.69 Å². The summed E-state index contributed by atoms with van der Waals surface area (Å²) in [6.07, 6.45) is 1.96. The molecule has 6 heteroatoms. The minimum Gasteiger partial charge on any atom is -0.326 e. The van der Waals surface area contributed by atoms with Crippen LogP contribution in [0.3, 0.4) is 0 Å². The lowest BCUT2D eigenvalue weighted by Gasteiger charge is -2.14. The van der Waals surface area contributed by atoms with Gasteiger partial charge in [-0.15, -0.1) is 0 Å². The van der Waals surface area contributed by atoms with E-state index in [-0.39, 0.29) is 18.2 Å². The van der Waals surface area contributed by atoms with Crippen molar-refractivity contribution in [1.29, 1.82) is 0 Å². The van der Waals surface area contributed by atoms with Crippen LogP contribution in [-0.4, -0.2) is 33.7 Å². The smallest absolute Gasteiger partial charge is 0.242 e. The van der Waals surface area contributed by atoms with Crippen LogP contribution in [0.4, 0.5) is 11.4 Å². The van der Waals surface area contributed by atoms with E-state index in [1.807, 2.05) is 55.5 Å². The zero-order valence-electron chi connectivity index (χ0n) is 17.1. The lowest BCUT2D eigenvalue weighted by Crippen LogP contribution is -2.33. The van der Waals surface area contributed by atoms with E-state index < -0.39 is 5.25 Å². The van der Waals surface area contributed by atoms with Gasteiger partial charge in [0.1, 0.15) is 5.25 Å². The van der Waals surface area contributed by atoms with Gasteiger partial charge in [-0.25, -0.2) is 4.99 Å². The lowest BCUT2D eigenvalue weighted by atomic mass is 10.1. The van der Waals surface area contributed by atoms with E-state index in [1.54, 1.807) is 4.90 Å². The van der Waals surface area contributed by atoms with Crippen LogP contribution in [0.15, 0.2) is 53.5 Å². The van der Waals surface area contributed by atoms with Crippen molar-refractivity contribution in [3.63, 3.8) is 0 Å². The number of carbonyl (C=O) groups is 2. The van der Waals surface area contributed by atoms with Crippen molar-refractivity contribution in [2.45, 2.75) is 45.3 Å². The summed E-state index contributed by atoms with van der Waals surface area (Å²) in [5.74, 6) is -0.215. The predicted molar refractivity (Wildman–Crippen MR) is 121 cm³/mol. The Kier molecular flexibility index (Phi) is 7.09. The Hall–Kier alpha value is -2.60. The van der Waals surface area contributed by atoms with Crippen LogP contribution in [0.5, 0.6) is 0 Å². The van der Waals surface area contributed by atoms with E-state index in [1.165, 1.54) is 17.3 Å². The third kappa shape index (κ3) is 5.07. The molecule has 1 fully saturated rings. The summed E-state index contributed by atoms with van der Waals surface area (Å²) in [7, 11) is 0. The molecule has 1 heterocycles. The van der Waals surface area contributed by atoms with Gasteiger partial charge < -0.3 is 5.32 Å². The topological polar surface area (TPSA) is 61.8 Å². The molecule has 0 saturated carbocycles. The summed E-state index contributed by atoms with van der Waals surface area (Å²) < 4.78 is 0. The molecular weight excluding hydrogens is 382 g/mol. The average molecular weight is 410 g/mol.